The van der Waals surface area contributed by atoms with E-state index in [0.717, 1.165) is 29.4 Å². The zero-order chi connectivity index (χ0) is 21.5. The molecule has 1 aromatic carbocycles. The Bertz CT molecular complexity index is 1230. The van der Waals surface area contributed by atoms with Gasteiger partial charge in [-0.1, -0.05) is 0 Å². The molecule has 0 radical (unpaired) electrons. The van der Waals surface area contributed by atoms with Gasteiger partial charge in [-0.15, -0.1) is 0 Å². The van der Waals surface area contributed by atoms with Crippen LogP contribution < -0.4 is 5.32 Å². The van der Waals surface area contributed by atoms with Crippen LogP contribution in [0, 0.1) is 0 Å². The predicted octanol–water partition coefficient (Wildman–Crippen LogP) is 1.59. The van der Waals surface area contributed by atoms with Crippen molar-refractivity contribution in [3.63, 3.8) is 0 Å². The van der Waals surface area contributed by atoms with Crippen LogP contribution in [0.15, 0.2) is 30.6 Å². The molecule has 30 heavy (non-hydrogen) atoms. The monoisotopic (exact) mass is 429 g/mol. The van der Waals surface area contributed by atoms with E-state index in [1.807, 2.05) is 26.2 Å². The second-order valence-corrected chi connectivity index (χ2v) is 9.10. The zero-order valence-corrected chi connectivity index (χ0v) is 17.9. The van der Waals surface area contributed by atoms with Gasteiger partial charge in [0.25, 0.3) is 10.1 Å². The molecule has 9 nitrogen and oxygen atoms in total. The van der Waals surface area contributed by atoms with Crippen molar-refractivity contribution in [2.75, 3.05) is 45.4 Å². The van der Waals surface area contributed by atoms with Crippen LogP contribution in [0.4, 0.5) is 5.69 Å². The van der Waals surface area contributed by atoms with E-state index in [0.29, 0.717) is 28.9 Å². The Morgan fingerprint density at radius 1 is 1.20 bits per heavy atom. The number of likely N-dealkylation sites (N-methyl/N-ethyl adjacent to an activating group) is 1. The maximum atomic E-state index is 13.3. The minimum absolute atomic E-state index is 0.0406. The van der Waals surface area contributed by atoms with Crippen LogP contribution in [0.3, 0.4) is 0 Å². The van der Waals surface area contributed by atoms with Crippen LogP contribution in [0.5, 0.6) is 0 Å². The van der Waals surface area contributed by atoms with Gasteiger partial charge >= 0.3 is 0 Å². The molecule has 0 spiro atoms. The molecule has 10 heteroatoms. The van der Waals surface area contributed by atoms with E-state index in [1.165, 1.54) is 0 Å². The predicted molar refractivity (Wildman–Crippen MR) is 114 cm³/mol. The summed E-state index contributed by atoms with van der Waals surface area (Å²) in [7, 11) is 0.437. The molecular weight excluding hydrogens is 406 g/mol. The summed E-state index contributed by atoms with van der Waals surface area (Å²) in [6.45, 7) is 1.70. The van der Waals surface area contributed by atoms with Gasteiger partial charge in [0, 0.05) is 47.7 Å². The molecule has 1 aliphatic carbocycles. The second-order valence-electron chi connectivity index (χ2n) is 7.46. The topological polar surface area (TPSA) is 106 Å². The summed E-state index contributed by atoms with van der Waals surface area (Å²) in [6.07, 6.45) is 4.25. The normalized spacial score (nSPS) is 13.1. The number of aromatic nitrogens is 3. The van der Waals surface area contributed by atoms with Gasteiger partial charge in [-0.2, -0.15) is 13.5 Å². The number of nitrogens with one attached hydrogen (secondary N) is 1. The Balaban J connectivity index is 1.81. The summed E-state index contributed by atoms with van der Waals surface area (Å²) in [6, 6.07) is 5.47. The number of fused-ring (bicyclic) bond motifs is 2. The molecule has 2 aromatic heterocycles. The van der Waals surface area contributed by atoms with Crippen LogP contribution in [0.25, 0.3) is 22.2 Å². The summed E-state index contributed by atoms with van der Waals surface area (Å²) >= 11 is 0. The number of rotatable bonds is 8. The van der Waals surface area contributed by atoms with Gasteiger partial charge in [0.05, 0.1) is 30.5 Å². The van der Waals surface area contributed by atoms with E-state index < -0.39 is 10.1 Å². The molecule has 0 amide bonds. The zero-order valence-electron chi connectivity index (χ0n) is 17.0. The molecule has 0 unspecified atom stereocenters. The van der Waals surface area contributed by atoms with Gasteiger partial charge in [0.1, 0.15) is 5.69 Å². The number of carbonyl (C=O) groups is 1. The fourth-order valence-electron chi connectivity index (χ4n) is 3.62. The number of carbonyl (C=O) groups excluding carboxylic acids is 1. The van der Waals surface area contributed by atoms with Gasteiger partial charge in [0.2, 0.25) is 0 Å². The lowest BCUT2D eigenvalue weighted by Gasteiger charge is -2.19. The Hall–Kier alpha value is -2.82. The van der Waals surface area contributed by atoms with Gasteiger partial charge < -0.3 is 10.2 Å². The average molecular weight is 430 g/mol. The van der Waals surface area contributed by atoms with Crippen molar-refractivity contribution >= 4 is 32.5 Å². The van der Waals surface area contributed by atoms with Gasteiger partial charge in [-0.25, -0.2) is 0 Å². The second kappa shape index (κ2) is 7.78. The first-order valence-corrected chi connectivity index (χ1v) is 11.3. The molecule has 2 heterocycles. The minimum atomic E-state index is -3.54. The van der Waals surface area contributed by atoms with Gasteiger partial charge in [-0.3, -0.25) is 18.6 Å². The number of benzene rings is 1. The SMILES string of the molecule is CN(C)CCNc1ccc2c3c(nn2CCOS(C)(=O)=O)-c2cnccc2C(=O)c13. The lowest BCUT2D eigenvalue weighted by Crippen LogP contribution is -2.22. The molecule has 158 valence electrons. The Morgan fingerprint density at radius 2 is 2.00 bits per heavy atom. The summed E-state index contributed by atoms with van der Waals surface area (Å²) < 4.78 is 29.1. The quantitative estimate of drug-likeness (QED) is 0.421. The van der Waals surface area contributed by atoms with Crippen molar-refractivity contribution in [1.29, 1.82) is 0 Å². The third-order valence-corrected chi connectivity index (χ3v) is 5.54. The molecule has 1 aliphatic rings. The molecule has 0 saturated carbocycles. The number of ketones is 1. The molecule has 0 fully saturated rings. The van der Waals surface area contributed by atoms with E-state index in [1.54, 1.807) is 23.1 Å². The third kappa shape index (κ3) is 3.81. The maximum absolute atomic E-state index is 13.3. The van der Waals surface area contributed by atoms with Crippen LogP contribution in [-0.2, 0) is 20.8 Å². The largest absolute Gasteiger partial charge is 0.383 e. The smallest absolute Gasteiger partial charge is 0.264 e. The molecule has 0 saturated heterocycles. The van der Waals surface area contributed by atoms with Crippen molar-refractivity contribution in [1.82, 2.24) is 19.7 Å². The van der Waals surface area contributed by atoms with E-state index in [2.05, 4.69) is 20.3 Å². The first-order chi connectivity index (χ1) is 14.3. The number of hydrogen-bond donors (Lipinski definition) is 1. The Labute approximate surface area is 174 Å². The van der Waals surface area contributed by atoms with Crippen LogP contribution in [-0.4, -0.2) is 73.9 Å². The molecule has 3 aromatic rings. The van der Waals surface area contributed by atoms with Crippen LogP contribution >= 0.6 is 0 Å². The fraction of sp³-hybridized carbons (Fsp3) is 0.350. The van der Waals surface area contributed by atoms with E-state index >= 15 is 0 Å². The van der Waals surface area contributed by atoms with Crippen molar-refractivity contribution in [2.24, 2.45) is 0 Å². The summed E-state index contributed by atoms with van der Waals surface area (Å²) in [5.41, 5.74) is 3.98. The Kier molecular flexibility index (Phi) is 5.31. The number of pyridine rings is 1. The maximum Gasteiger partial charge on any atom is 0.264 e. The van der Waals surface area contributed by atoms with E-state index in [-0.39, 0.29) is 18.9 Å². The highest BCUT2D eigenvalue weighted by Gasteiger charge is 2.31. The summed E-state index contributed by atoms with van der Waals surface area (Å²) in [5, 5.41) is 8.79. The van der Waals surface area contributed by atoms with Crippen molar-refractivity contribution in [3.8, 4) is 11.3 Å². The molecule has 0 atom stereocenters. The van der Waals surface area contributed by atoms with Gasteiger partial charge in [0.15, 0.2) is 5.78 Å². The highest BCUT2D eigenvalue weighted by atomic mass is 32.2. The molecule has 4 rings (SSSR count). The molecule has 0 aliphatic heterocycles. The lowest BCUT2D eigenvalue weighted by atomic mass is 9.87. The van der Waals surface area contributed by atoms with Crippen molar-refractivity contribution in [2.45, 2.75) is 6.54 Å². The Morgan fingerprint density at radius 3 is 2.73 bits per heavy atom. The number of anilines is 1. The first-order valence-electron chi connectivity index (χ1n) is 9.52. The standard InChI is InChI=1S/C20H23N5O4S/c1-24(2)9-8-22-15-4-5-16-18-17(15)20(26)13-6-7-21-12-14(13)19(18)23-25(16)10-11-29-30(3,27)28/h4-7,12,22H,8-11H2,1-3H3. The van der Waals surface area contributed by atoms with E-state index in [4.69, 9.17) is 4.18 Å². The average Bonchev–Trinajstić information content (AvgIpc) is 3.04. The third-order valence-electron chi connectivity index (χ3n) is 4.94. The molecule has 0 bridgehead atoms. The van der Waals surface area contributed by atoms with Crippen LogP contribution in [0.2, 0.25) is 0 Å². The van der Waals surface area contributed by atoms with E-state index in [9.17, 15) is 13.2 Å². The highest BCUT2D eigenvalue weighted by molar-refractivity contribution is 7.85. The molecular formula is C20H23N5O4S. The number of nitrogens with zero attached hydrogens (tertiary/aromatic N) is 4. The summed E-state index contributed by atoms with van der Waals surface area (Å²) in [5.74, 6) is -0.0789. The lowest BCUT2D eigenvalue weighted by molar-refractivity contribution is 0.104. The number of hydrogen-bond acceptors (Lipinski definition) is 8. The molecule has 1 N–H and O–H groups in total. The van der Waals surface area contributed by atoms with Crippen molar-refractivity contribution in [3.05, 3.63) is 41.7 Å². The van der Waals surface area contributed by atoms with Crippen LogP contribution in [0.1, 0.15) is 15.9 Å². The highest BCUT2D eigenvalue weighted by Crippen LogP contribution is 2.41. The van der Waals surface area contributed by atoms with Crippen molar-refractivity contribution < 1.29 is 17.4 Å². The van der Waals surface area contributed by atoms with Gasteiger partial charge in [-0.05, 0) is 32.3 Å². The first kappa shape index (κ1) is 20.5. The minimum Gasteiger partial charge on any atom is -0.383 e. The summed E-state index contributed by atoms with van der Waals surface area (Å²) in [4.78, 5) is 19.6. The fourth-order valence-corrected chi connectivity index (χ4v) is 4.00.